The molecule has 3 rings (SSSR count). The van der Waals surface area contributed by atoms with E-state index in [1.54, 1.807) is 18.7 Å². The number of fused-ring (bicyclic) bond motifs is 1. The molecule has 3 unspecified atom stereocenters. The van der Waals surface area contributed by atoms with E-state index in [9.17, 15) is 19.8 Å². The van der Waals surface area contributed by atoms with E-state index in [0.717, 1.165) is 17.2 Å². The maximum absolute atomic E-state index is 12.6. The summed E-state index contributed by atoms with van der Waals surface area (Å²) in [5.74, 6) is 0.343. The lowest BCUT2D eigenvalue weighted by molar-refractivity contribution is -0.118. The van der Waals surface area contributed by atoms with Crippen LogP contribution in [0.4, 0.5) is 5.69 Å². The first kappa shape index (κ1) is 22.0. The SMILES string of the molecule is CCC(=O)N(CCCC(C)O)c1cc(C2=CC3CCCCC3CC2)sc1C(=O)O. The van der Waals surface area contributed by atoms with Gasteiger partial charge in [0.2, 0.25) is 5.91 Å². The number of aliphatic hydroxyl groups is 1. The second-order valence-electron chi connectivity index (χ2n) is 8.46. The molecule has 1 fully saturated rings. The molecular weight excluding hydrogens is 386 g/mol. The van der Waals surface area contributed by atoms with Gasteiger partial charge in [0, 0.05) is 17.8 Å². The summed E-state index contributed by atoms with van der Waals surface area (Å²) in [7, 11) is 0. The van der Waals surface area contributed by atoms with E-state index in [4.69, 9.17) is 0 Å². The number of carboxylic acid groups (broad SMARTS) is 1. The maximum atomic E-state index is 12.6. The molecule has 5 nitrogen and oxygen atoms in total. The van der Waals surface area contributed by atoms with Crippen LogP contribution in [0.2, 0.25) is 0 Å². The topological polar surface area (TPSA) is 77.8 Å². The van der Waals surface area contributed by atoms with Crippen LogP contribution in [0.25, 0.3) is 5.57 Å². The number of hydrogen-bond donors (Lipinski definition) is 2. The van der Waals surface area contributed by atoms with Gasteiger partial charge in [0.1, 0.15) is 4.88 Å². The van der Waals surface area contributed by atoms with E-state index in [1.807, 2.05) is 6.07 Å². The van der Waals surface area contributed by atoms with Gasteiger partial charge in [-0.05, 0) is 68.9 Å². The summed E-state index contributed by atoms with van der Waals surface area (Å²) in [6.07, 6.45) is 10.8. The van der Waals surface area contributed by atoms with Gasteiger partial charge in [-0.3, -0.25) is 4.79 Å². The summed E-state index contributed by atoms with van der Waals surface area (Å²) in [6, 6.07) is 1.92. The third-order valence-electron chi connectivity index (χ3n) is 6.29. The molecule has 0 bridgehead atoms. The molecule has 1 saturated carbocycles. The van der Waals surface area contributed by atoms with E-state index in [1.165, 1.54) is 49.0 Å². The minimum absolute atomic E-state index is 0.0765. The van der Waals surface area contributed by atoms with Crippen molar-refractivity contribution in [1.82, 2.24) is 0 Å². The van der Waals surface area contributed by atoms with E-state index < -0.39 is 12.1 Å². The van der Waals surface area contributed by atoms with Crippen molar-refractivity contribution in [3.05, 3.63) is 21.9 Å². The van der Waals surface area contributed by atoms with Crippen LogP contribution in [0.5, 0.6) is 0 Å². The number of carbonyl (C=O) groups excluding carboxylic acids is 1. The Kier molecular flexibility index (Phi) is 7.52. The van der Waals surface area contributed by atoms with Gasteiger partial charge in [-0.25, -0.2) is 4.79 Å². The number of hydrogen-bond acceptors (Lipinski definition) is 4. The van der Waals surface area contributed by atoms with Gasteiger partial charge in [0.15, 0.2) is 0 Å². The third kappa shape index (κ3) is 5.28. The molecule has 0 saturated heterocycles. The van der Waals surface area contributed by atoms with Crippen LogP contribution in [-0.2, 0) is 4.79 Å². The second kappa shape index (κ2) is 9.90. The van der Waals surface area contributed by atoms with Crippen molar-refractivity contribution >= 4 is 34.5 Å². The number of carbonyl (C=O) groups is 2. The van der Waals surface area contributed by atoms with Crippen molar-refractivity contribution < 1.29 is 19.8 Å². The molecule has 6 heteroatoms. The highest BCUT2D eigenvalue weighted by Crippen LogP contribution is 2.44. The van der Waals surface area contributed by atoms with Crippen LogP contribution in [0.3, 0.4) is 0 Å². The first-order valence-electron chi connectivity index (χ1n) is 11.0. The lowest BCUT2D eigenvalue weighted by atomic mass is 9.72. The molecule has 1 aromatic heterocycles. The van der Waals surface area contributed by atoms with Crippen LogP contribution >= 0.6 is 11.3 Å². The molecule has 29 heavy (non-hydrogen) atoms. The van der Waals surface area contributed by atoms with Crippen molar-refractivity contribution in [2.45, 2.75) is 77.7 Å². The average molecular weight is 420 g/mol. The Hall–Kier alpha value is -1.66. The number of nitrogens with zero attached hydrogens (tertiary/aromatic N) is 1. The number of anilines is 1. The van der Waals surface area contributed by atoms with Crippen molar-refractivity contribution in [1.29, 1.82) is 0 Å². The molecule has 160 valence electrons. The van der Waals surface area contributed by atoms with Gasteiger partial charge < -0.3 is 15.1 Å². The Morgan fingerprint density at radius 3 is 2.72 bits per heavy atom. The fraction of sp³-hybridized carbons (Fsp3) is 0.652. The zero-order chi connectivity index (χ0) is 21.0. The Bertz CT molecular complexity index is 767. The van der Waals surface area contributed by atoms with Gasteiger partial charge in [0.25, 0.3) is 0 Å². The molecule has 3 atom stereocenters. The first-order chi connectivity index (χ1) is 13.9. The van der Waals surface area contributed by atoms with Crippen molar-refractivity contribution in [2.24, 2.45) is 11.8 Å². The van der Waals surface area contributed by atoms with Crippen LogP contribution in [0.1, 0.15) is 86.2 Å². The van der Waals surface area contributed by atoms with Gasteiger partial charge in [0.05, 0.1) is 11.8 Å². The quantitative estimate of drug-likeness (QED) is 0.597. The molecule has 1 aromatic rings. The Morgan fingerprint density at radius 2 is 2.03 bits per heavy atom. The monoisotopic (exact) mass is 419 g/mol. The molecule has 0 aromatic carbocycles. The molecule has 2 aliphatic rings. The van der Waals surface area contributed by atoms with Crippen LogP contribution in [0, 0.1) is 11.8 Å². The summed E-state index contributed by atoms with van der Waals surface area (Å²) >= 11 is 1.30. The fourth-order valence-corrected chi connectivity index (χ4v) is 5.76. The predicted octanol–water partition coefficient (Wildman–Crippen LogP) is 5.33. The van der Waals surface area contributed by atoms with Gasteiger partial charge >= 0.3 is 5.97 Å². The van der Waals surface area contributed by atoms with Gasteiger partial charge in [-0.1, -0.05) is 25.8 Å². The molecule has 2 aliphatic carbocycles. The summed E-state index contributed by atoms with van der Waals surface area (Å²) in [5, 5.41) is 19.3. The normalized spacial score (nSPS) is 22.5. The predicted molar refractivity (Wildman–Crippen MR) is 117 cm³/mol. The molecule has 2 N–H and O–H groups in total. The number of aromatic carboxylic acids is 1. The summed E-state index contributed by atoms with van der Waals surface area (Å²) < 4.78 is 0. The lowest BCUT2D eigenvalue weighted by Gasteiger charge is -2.34. The van der Waals surface area contributed by atoms with Gasteiger partial charge in [-0.15, -0.1) is 11.3 Å². The van der Waals surface area contributed by atoms with Crippen LogP contribution in [0.15, 0.2) is 12.1 Å². The largest absolute Gasteiger partial charge is 0.477 e. The van der Waals surface area contributed by atoms with Crippen molar-refractivity contribution in [3.63, 3.8) is 0 Å². The van der Waals surface area contributed by atoms with E-state index in [-0.39, 0.29) is 10.8 Å². The number of amides is 1. The zero-order valence-electron chi connectivity index (χ0n) is 17.5. The standard InChI is InChI=1S/C23H33NO4S/c1-3-21(26)24(12-6-7-15(2)25)19-14-20(29-22(19)23(27)28)18-11-10-16-8-4-5-9-17(16)13-18/h13-17,25H,3-12H2,1-2H3,(H,27,28). The molecular formula is C23H33NO4S. The zero-order valence-corrected chi connectivity index (χ0v) is 18.3. The summed E-state index contributed by atoms with van der Waals surface area (Å²) in [5.41, 5.74) is 1.77. The fourth-order valence-electron chi connectivity index (χ4n) is 4.71. The molecule has 0 radical (unpaired) electrons. The molecule has 1 heterocycles. The highest BCUT2D eigenvalue weighted by molar-refractivity contribution is 7.15. The number of aliphatic hydroxyl groups excluding tert-OH is 1. The minimum Gasteiger partial charge on any atom is -0.477 e. The highest BCUT2D eigenvalue weighted by atomic mass is 32.1. The van der Waals surface area contributed by atoms with Crippen molar-refractivity contribution in [3.8, 4) is 0 Å². The maximum Gasteiger partial charge on any atom is 0.348 e. The number of rotatable bonds is 8. The van der Waals surface area contributed by atoms with Crippen molar-refractivity contribution in [2.75, 3.05) is 11.4 Å². The smallest absolute Gasteiger partial charge is 0.348 e. The molecule has 0 aliphatic heterocycles. The van der Waals surface area contributed by atoms with E-state index in [0.29, 0.717) is 37.4 Å². The average Bonchev–Trinajstić information content (AvgIpc) is 3.15. The minimum atomic E-state index is -0.979. The third-order valence-corrected chi connectivity index (χ3v) is 7.48. The number of carboxylic acids is 1. The first-order valence-corrected chi connectivity index (χ1v) is 11.8. The Labute approximate surface area is 177 Å². The van der Waals surface area contributed by atoms with E-state index in [2.05, 4.69) is 6.08 Å². The number of thiophene rings is 1. The summed E-state index contributed by atoms with van der Waals surface area (Å²) in [4.78, 5) is 27.4. The number of allylic oxidation sites excluding steroid dienone is 2. The Balaban J connectivity index is 1.89. The summed E-state index contributed by atoms with van der Waals surface area (Å²) in [6.45, 7) is 3.95. The van der Waals surface area contributed by atoms with Crippen LogP contribution in [-0.4, -0.2) is 34.7 Å². The highest BCUT2D eigenvalue weighted by Gasteiger charge is 2.30. The lowest BCUT2D eigenvalue weighted by Crippen LogP contribution is -2.32. The van der Waals surface area contributed by atoms with E-state index >= 15 is 0 Å². The molecule has 0 spiro atoms. The Morgan fingerprint density at radius 1 is 1.28 bits per heavy atom. The second-order valence-corrected chi connectivity index (χ2v) is 9.51. The van der Waals surface area contributed by atoms with Gasteiger partial charge in [-0.2, -0.15) is 0 Å². The van der Waals surface area contributed by atoms with Crippen LogP contribution < -0.4 is 4.90 Å². The molecule has 1 amide bonds.